The average Bonchev–Trinajstić information content (AvgIpc) is 2.87. The largest absolute Gasteiger partial charge is 0.482 e. The minimum absolute atomic E-state index is 0.0164. The average molecular weight is 314 g/mol. The van der Waals surface area contributed by atoms with Gasteiger partial charge < -0.3 is 14.2 Å². The fourth-order valence-electron chi connectivity index (χ4n) is 2.64. The number of hydrogen-bond acceptors (Lipinski definition) is 5. The highest BCUT2D eigenvalue weighted by atomic mass is 16.5. The Morgan fingerprint density at radius 3 is 2.78 bits per heavy atom. The van der Waals surface area contributed by atoms with E-state index in [9.17, 15) is 9.59 Å². The van der Waals surface area contributed by atoms with Crippen LogP contribution in [0.15, 0.2) is 22.7 Å². The van der Waals surface area contributed by atoms with Crippen LogP contribution in [0.5, 0.6) is 5.75 Å². The van der Waals surface area contributed by atoms with Crippen LogP contribution in [0.2, 0.25) is 0 Å². The van der Waals surface area contributed by atoms with Gasteiger partial charge in [0.15, 0.2) is 12.4 Å². The van der Waals surface area contributed by atoms with Crippen molar-refractivity contribution in [2.45, 2.75) is 33.7 Å². The second-order valence-electron chi connectivity index (χ2n) is 5.53. The lowest BCUT2D eigenvalue weighted by atomic mass is 10.1. The summed E-state index contributed by atoms with van der Waals surface area (Å²) < 4.78 is 10.6. The Morgan fingerprint density at radius 2 is 2.13 bits per heavy atom. The van der Waals surface area contributed by atoms with Crippen molar-refractivity contribution in [3.63, 3.8) is 0 Å². The molecule has 6 heteroatoms. The minimum Gasteiger partial charge on any atom is -0.482 e. The van der Waals surface area contributed by atoms with Gasteiger partial charge in [-0.1, -0.05) is 12.1 Å². The molecular weight excluding hydrogens is 296 g/mol. The normalized spacial score (nSPS) is 13.7. The smallest absolute Gasteiger partial charge is 0.265 e. The van der Waals surface area contributed by atoms with E-state index in [4.69, 9.17) is 9.26 Å². The van der Waals surface area contributed by atoms with Crippen LogP contribution >= 0.6 is 0 Å². The van der Waals surface area contributed by atoms with Crippen LogP contribution in [0, 0.1) is 13.8 Å². The summed E-state index contributed by atoms with van der Waals surface area (Å²) in [7, 11) is 0. The number of aromatic nitrogens is 1. The number of nitrogens with zero attached hydrogens (tertiary/aromatic N) is 2. The molecule has 1 aliphatic heterocycles. The molecule has 0 saturated carbocycles. The van der Waals surface area contributed by atoms with Gasteiger partial charge >= 0.3 is 0 Å². The Hall–Kier alpha value is -2.63. The quantitative estimate of drug-likeness (QED) is 0.811. The van der Waals surface area contributed by atoms with Crippen LogP contribution in [0.3, 0.4) is 0 Å². The lowest BCUT2D eigenvalue weighted by Crippen LogP contribution is -2.38. The first-order valence-corrected chi connectivity index (χ1v) is 7.53. The maximum atomic E-state index is 12.3. The van der Waals surface area contributed by atoms with Gasteiger partial charge in [0.2, 0.25) is 0 Å². The molecule has 1 amide bonds. The van der Waals surface area contributed by atoms with Crippen LogP contribution in [0.25, 0.3) is 0 Å². The lowest BCUT2D eigenvalue weighted by Gasteiger charge is -2.29. The fourth-order valence-corrected chi connectivity index (χ4v) is 2.64. The van der Waals surface area contributed by atoms with E-state index in [0.717, 1.165) is 11.3 Å². The molecule has 0 unspecified atom stereocenters. The fraction of sp³-hybridized carbons (Fsp3) is 0.353. The monoisotopic (exact) mass is 314 g/mol. The predicted molar refractivity (Wildman–Crippen MR) is 83.7 cm³/mol. The van der Waals surface area contributed by atoms with Crippen LogP contribution in [-0.4, -0.2) is 23.5 Å². The molecular formula is C17H18N2O4. The Labute approximate surface area is 134 Å². The molecule has 0 radical (unpaired) electrons. The molecule has 1 aliphatic rings. The SMILES string of the molecule is CCC(=O)c1ccc2c(c1)N(Cc1c(C)noc1C)C(=O)CO2. The molecule has 120 valence electrons. The number of carbonyl (C=O) groups is 2. The van der Waals surface area contributed by atoms with Crippen molar-refractivity contribution in [3.05, 3.63) is 40.8 Å². The number of fused-ring (bicyclic) bond motifs is 1. The lowest BCUT2D eigenvalue weighted by molar-refractivity contribution is -0.121. The number of ether oxygens (including phenoxy) is 1. The van der Waals surface area contributed by atoms with Gasteiger partial charge in [0.1, 0.15) is 11.5 Å². The predicted octanol–water partition coefficient (Wildman–Crippen LogP) is 2.81. The Morgan fingerprint density at radius 1 is 1.35 bits per heavy atom. The summed E-state index contributed by atoms with van der Waals surface area (Å²) in [5.41, 5.74) is 2.82. The summed E-state index contributed by atoms with van der Waals surface area (Å²) in [6.45, 7) is 5.80. The third kappa shape index (κ3) is 2.72. The van der Waals surface area contributed by atoms with E-state index in [0.29, 0.717) is 35.7 Å². The number of carbonyl (C=O) groups excluding carboxylic acids is 2. The standard InChI is InChI=1S/C17H18N2O4/c1-4-15(20)12-5-6-16-14(7-12)19(17(21)9-22-16)8-13-10(2)18-23-11(13)3/h5-7H,4,8-9H2,1-3H3. The Kier molecular flexibility index (Phi) is 3.90. The number of aryl methyl sites for hydroxylation is 2. The van der Waals surface area contributed by atoms with E-state index in [-0.39, 0.29) is 18.3 Å². The third-order valence-corrected chi connectivity index (χ3v) is 4.04. The first kappa shape index (κ1) is 15.3. The van der Waals surface area contributed by atoms with E-state index in [1.54, 1.807) is 23.1 Å². The summed E-state index contributed by atoms with van der Waals surface area (Å²) in [6.07, 6.45) is 0.414. The number of anilines is 1. The third-order valence-electron chi connectivity index (χ3n) is 4.04. The van der Waals surface area contributed by atoms with Crippen LogP contribution in [-0.2, 0) is 11.3 Å². The van der Waals surface area contributed by atoms with E-state index < -0.39 is 0 Å². The maximum absolute atomic E-state index is 12.3. The van der Waals surface area contributed by atoms with Gasteiger partial charge in [-0.3, -0.25) is 9.59 Å². The molecule has 0 fully saturated rings. The van der Waals surface area contributed by atoms with E-state index in [1.807, 2.05) is 20.8 Å². The number of benzene rings is 1. The summed E-state index contributed by atoms with van der Waals surface area (Å²) in [6, 6.07) is 5.19. The second kappa shape index (κ2) is 5.87. The van der Waals surface area contributed by atoms with E-state index in [2.05, 4.69) is 5.16 Å². The van der Waals surface area contributed by atoms with Gasteiger partial charge in [-0.05, 0) is 32.0 Å². The zero-order chi connectivity index (χ0) is 16.6. The van der Waals surface area contributed by atoms with Gasteiger partial charge in [-0.2, -0.15) is 0 Å². The van der Waals surface area contributed by atoms with Crippen molar-refractivity contribution < 1.29 is 18.8 Å². The number of ketones is 1. The molecule has 23 heavy (non-hydrogen) atoms. The van der Waals surface area contributed by atoms with Gasteiger partial charge in [0.05, 0.1) is 17.9 Å². The maximum Gasteiger partial charge on any atom is 0.265 e. The van der Waals surface area contributed by atoms with E-state index >= 15 is 0 Å². The van der Waals surface area contributed by atoms with Crippen LogP contribution in [0.4, 0.5) is 5.69 Å². The first-order chi connectivity index (χ1) is 11.0. The molecule has 1 aromatic heterocycles. The van der Waals surface area contributed by atoms with Gasteiger partial charge in [0.25, 0.3) is 5.91 Å². The number of amides is 1. The molecule has 0 atom stereocenters. The molecule has 1 aromatic carbocycles. The van der Waals surface area contributed by atoms with Crippen molar-refractivity contribution in [2.75, 3.05) is 11.5 Å². The Balaban J connectivity index is 2.01. The van der Waals surface area contributed by atoms with Crippen molar-refractivity contribution in [2.24, 2.45) is 0 Å². The van der Waals surface area contributed by atoms with Gasteiger partial charge in [-0.15, -0.1) is 0 Å². The highest BCUT2D eigenvalue weighted by molar-refractivity contribution is 6.01. The molecule has 6 nitrogen and oxygen atoms in total. The highest BCUT2D eigenvalue weighted by Crippen LogP contribution is 2.35. The van der Waals surface area contributed by atoms with Crippen molar-refractivity contribution in [1.82, 2.24) is 5.16 Å². The number of hydrogen-bond donors (Lipinski definition) is 0. The van der Waals surface area contributed by atoms with Gasteiger partial charge in [-0.25, -0.2) is 0 Å². The molecule has 2 heterocycles. The first-order valence-electron chi connectivity index (χ1n) is 7.53. The van der Waals surface area contributed by atoms with Crippen molar-refractivity contribution in [1.29, 1.82) is 0 Å². The summed E-state index contributed by atoms with van der Waals surface area (Å²) in [5, 5.41) is 3.92. The topological polar surface area (TPSA) is 72.6 Å². The zero-order valence-corrected chi connectivity index (χ0v) is 13.4. The second-order valence-corrected chi connectivity index (χ2v) is 5.53. The zero-order valence-electron chi connectivity index (χ0n) is 13.4. The minimum atomic E-state index is -0.154. The highest BCUT2D eigenvalue weighted by Gasteiger charge is 2.28. The molecule has 2 aromatic rings. The van der Waals surface area contributed by atoms with Crippen LogP contribution in [0.1, 0.15) is 40.7 Å². The molecule has 3 rings (SSSR count). The summed E-state index contributed by atoms with van der Waals surface area (Å²) >= 11 is 0. The van der Waals surface area contributed by atoms with Crippen molar-refractivity contribution >= 4 is 17.4 Å². The summed E-state index contributed by atoms with van der Waals surface area (Å²) in [4.78, 5) is 25.9. The number of rotatable bonds is 4. The van der Waals surface area contributed by atoms with Crippen molar-refractivity contribution in [3.8, 4) is 5.75 Å². The molecule has 0 saturated heterocycles. The number of Topliss-reactive ketones (excluding diaryl/α,β-unsaturated/α-hetero) is 1. The molecule has 0 N–H and O–H groups in total. The van der Waals surface area contributed by atoms with Crippen LogP contribution < -0.4 is 9.64 Å². The molecule has 0 spiro atoms. The Bertz CT molecular complexity index is 759. The summed E-state index contributed by atoms with van der Waals surface area (Å²) in [5.74, 6) is 1.16. The molecule has 0 bridgehead atoms. The molecule has 0 aliphatic carbocycles. The van der Waals surface area contributed by atoms with E-state index in [1.165, 1.54) is 0 Å². The van der Waals surface area contributed by atoms with Gasteiger partial charge in [0, 0.05) is 17.5 Å².